The first-order valence-electron chi connectivity index (χ1n) is 5.82. The lowest BCUT2D eigenvalue weighted by Gasteiger charge is -2.10. The maximum atomic E-state index is 13.5. The van der Waals surface area contributed by atoms with E-state index in [1.807, 2.05) is 6.92 Å². The molecule has 8 heteroatoms. The number of aromatic nitrogens is 2. The van der Waals surface area contributed by atoms with Crippen LogP contribution in [0, 0.1) is 11.6 Å². The van der Waals surface area contributed by atoms with E-state index >= 15 is 0 Å². The van der Waals surface area contributed by atoms with Gasteiger partial charge >= 0.3 is 0 Å². The zero-order valence-corrected chi connectivity index (χ0v) is 13.0. The van der Waals surface area contributed by atoms with Crippen molar-refractivity contribution in [3.63, 3.8) is 0 Å². The van der Waals surface area contributed by atoms with Gasteiger partial charge in [0.25, 0.3) is 0 Å². The number of hydrogen-bond acceptors (Lipinski definition) is 6. The first-order chi connectivity index (χ1) is 9.60. The van der Waals surface area contributed by atoms with Gasteiger partial charge in [0.2, 0.25) is 0 Å². The first-order valence-corrected chi connectivity index (χ1v) is 8.61. The lowest BCUT2D eigenvalue weighted by Crippen LogP contribution is -2.04. The standard InChI is InChI=1S/C12H12F2N2OS3/c1-2-18-11-15-16-12(20-11)19-6-10(17)8-5-7(13)3-4-9(8)14/h3-5,10,17H,2,6H2,1H3. The fourth-order valence-corrected chi connectivity index (χ4v) is 4.34. The molecule has 0 bridgehead atoms. The summed E-state index contributed by atoms with van der Waals surface area (Å²) in [5.74, 6) is -0.0654. The first kappa shape index (κ1) is 15.7. The normalized spacial score (nSPS) is 12.6. The molecule has 3 nitrogen and oxygen atoms in total. The molecule has 2 aromatic rings. The van der Waals surface area contributed by atoms with Crippen molar-refractivity contribution in [1.29, 1.82) is 0 Å². The number of rotatable bonds is 6. The van der Waals surface area contributed by atoms with Crippen molar-refractivity contribution in [3.05, 3.63) is 35.4 Å². The van der Waals surface area contributed by atoms with Gasteiger partial charge in [0.05, 0.1) is 6.10 Å². The molecule has 108 valence electrons. The number of hydrogen-bond donors (Lipinski definition) is 1. The van der Waals surface area contributed by atoms with E-state index in [4.69, 9.17) is 0 Å². The minimum absolute atomic E-state index is 0.0369. The van der Waals surface area contributed by atoms with Crippen LogP contribution in [0.5, 0.6) is 0 Å². The number of thioether (sulfide) groups is 2. The molecular formula is C12H12F2N2OS3. The van der Waals surface area contributed by atoms with Gasteiger partial charge in [-0.05, 0) is 24.0 Å². The lowest BCUT2D eigenvalue weighted by atomic mass is 10.1. The van der Waals surface area contributed by atoms with Crippen LogP contribution in [0.15, 0.2) is 26.9 Å². The third-order valence-corrected chi connectivity index (χ3v) is 5.49. The molecule has 0 spiro atoms. The molecule has 1 aromatic heterocycles. The molecule has 1 heterocycles. The van der Waals surface area contributed by atoms with Crippen LogP contribution in [0.1, 0.15) is 18.6 Å². The van der Waals surface area contributed by atoms with Crippen LogP contribution in [0.2, 0.25) is 0 Å². The average molecular weight is 334 g/mol. The van der Waals surface area contributed by atoms with Crippen molar-refractivity contribution in [1.82, 2.24) is 10.2 Å². The average Bonchev–Trinajstić information content (AvgIpc) is 2.87. The van der Waals surface area contributed by atoms with E-state index in [9.17, 15) is 13.9 Å². The number of aliphatic hydroxyl groups excluding tert-OH is 1. The predicted octanol–water partition coefficient (Wildman–Crippen LogP) is 3.75. The summed E-state index contributed by atoms with van der Waals surface area (Å²) in [7, 11) is 0. The number of halogens is 2. The maximum absolute atomic E-state index is 13.5. The smallest absolute Gasteiger partial charge is 0.175 e. The van der Waals surface area contributed by atoms with Gasteiger partial charge in [-0.1, -0.05) is 41.8 Å². The van der Waals surface area contributed by atoms with Gasteiger partial charge in [-0.15, -0.1) is 10.2 Å². The van der Waals surface area contributed by atoms with Crippen LogP contribution in [0.25, 0.3) is 0 Å². The van der Waals surface area contributed by atoms with Gasteiger partial charge < -0.3 is 5.11 Å². The molecule has 1 N–H and O–H groups in total. The monoisotopic (exact) mass is 334 g/mol. The summed E-state index contributed by atoms with van der Waals surface area (Å²) in [5.41, 5.74) is -0.0369. The fourth-order valence-electron chi connectivity index (χ4n) is 1.45. The Labute approximate surface area is 127 Å². The summed E-state index contributed by atoms with van der Waals surface area (Å²) < 4.78 is 28.1. The highest BCUT2D eigenvalue weighted by Gasteiger charge is 2.15. The van der Waals surface area contributed by atoms with Crippen molar-refractivity contribution in [2.24, 2.45) is 0 Å². The third kappa shape index (κ3) is 4.15. The van der Waals surface area contributed by atoms with Crippen LogP contribution < -0.4 is 0 Å². The largest absolute Gasteiger partial charge is 0.387 e. The molecule has 2 rings (SSSR count). The van der Waals surface area contributed by atoms with Crippen LogP contribution in [-0.2, 0) is 0 Å². The van der Waals surface area contributed by atoms with Crippen molar-refractivity contribution in [2.45, 2.75) is 21.7 Å². The second-order valence-corrected chi connectivity index (χ2v) is 7.52. The van der Waals surface area contributed by atoms with Crippen molar-refractivity contribution >= 4 is 34.9 Å². The van der Waals surface area contributed by atoms with E-state index in [1.165, 1.54) is 23.1 Å². The molecule has 0 aliphatic heterocycles. The van der Waals surface area contributed by atoms with E-state index in [-0.39, 0.29) is 11.3 Å². The fraction of sp³-hybridized carbons (Fsp3) is 0.333. The molecule has 0 fully saturated rings. The summed E-state index contributed by atoms with van der Waals surface area (Å²) in [6.45, 7) is 2.02. The minimum Gasteiger partial charge on any atom is -0.387 e. The molecule has 0 amide bonds. The SMILES string of the molecule is CCSc1nnc(SCC(O)c2cc(F)ccc2F)s1. The van der Waals surface area contributed by atoms with Crippen LogP contribution >= 0.6 is 34.9 Å². The third-order valence-electron chi connectivity index (χ3n) is 2.34. The Hall–Kier alpha value is -0.700. The second kappa shape index (κ2) is 7.35. The van der Waals surface area contributed by atoms with Gasteiger partial charge in [0.15, 0.2) is 8.68 Å². The number of benzene rings is 1. The number of aliphatic hydroxyl groups is 1. The molecule has 0 saturated carbocycles. The second-order valence-electron chi connectivity index (χ2n) is 3.76. The highest BCUT2D eigenvalue weighted by atomic mass is 32.2. The zero-order valence-electron chi connectivity index (χ0n) is 10.5. The molecule has 0 aliphatic carbocycles. The molecule has 1 aromatic carbocycles. The summed E-state index contributed by atoms with van der Waals surface area (Å²) >= 11 is 4.29. The summed E-state index contributed by atoms with van der Waals surface area (Å²) in [6, 6.07) is 3.05. The Kier molecular flexibility index (Phi) is 5.76. The Morgan fingerprint density at radius 3 is 2.65 bits per heavy atom. The van der Waals surface area contributed by atoms with E-state index in [0.717, 1.165) is 28.3 Å². The topological polar surface area (TPSA) is 46.0 Å². The summed E-state index contributed by atoms with van der Waals surface area (Å²) in [5, 5.41) is 17.9. The molecule has 1 unspecified atom stereocenters. The quantitative estimate of drug-likeness (QED) is 0.815. The van der Waals surface area contributed by atoms with E-state index in [1.54, 1.807) is 11.8 Å². The summed E-state index contributed by atoms with van der Waals surface area (Å²) in [6.07, 6.45) is -1.08. The van der Waals surface area contributed by atoms with Crippen molar-refractivity contribution in [3.8, 4) is 0 Å². The molecular weight excluding hydrogens is 322 g/mol. The highest BCUT2D eigenvalue weighted by Crippen LogP contribution is 2.31. The highest BCUT2D eigenvalue weighted by molar-refractivity contribution is 8.03. The van der Waals surface area contributed by atoms with Crippen molar-refractivity contribution < 1.29 is 13.9 Å². The molecule has 0 radical (unpaired) electrons. The van der Waals surface area contributed by atoms with E-state index in [0.29, 0.717) is 4.34 Å². The van der Waals surface area contributed by atoms with Gasteiger partial charge in [0.1, 0.15) is 11.6 Å². The maximum Gasteiger partial charge on any atom is 0.175 e. The van der Waals surface area contributed by atoms with Crippen LogP contribution in [0.3, 0.4) is 0 Å². The Bertz CT molecular complexity index is 580. The Balaban J connectivity index is 1.97. The molecule has 1 atom stereocenters. The zero-order chi connectivity index (χ0) is 14.5. The molecule has 0 saturated heterocycles. The Morgan fingerprint density at radius 1 is 1.25 bits per heavy atom. The van der Waals surface area contributed by atoms with Crippen LogP contribution in [0.4, 0.5) is 8.78 Å². The van der Waals surface area contributed by atoms with E-state index in [2.05, 4.69) is 10.2 Å². The summed E-state index contributed by atoms with van der Waals surface area (Å²) in [4.78, 5) is 0. The Morgan fingerprint density at radius 2 is 1.95 bits per heavy atom. The van der Waals surface area contributed by atoms with Crippen molar-refractivity contribution in [2.75, 3.05) is 11.5 Å². The van der Waals surface area contributed by atoms with Gasteiger partial charge in [-0.2, -0.15) is 0 Å². The molecule has 20 heavy (non-hydrogen) atoms. The number of nitrogens with zero attached hydrogens (tertiary/aromatic N) is 2. The minimum atomic E-state index is -1.08. The van der Waals surface area contributed by atoms with Gasteiger partial charge in [-0.3, -0.25) is 0 Å². The van der Waals surface area contributed by atoms with Crippen LogP contribution in [-0.4, -0.2) is 26.8 Å². The predicted molar refractivity (Wildman–Crippen MR) is 78.3 cm³/mol. The molecule has 0 aliphatic rings. The van der Waals surface area contributed by atoms with Gasteiger partial charge in [-0.25, -0.2) is 8.78 Å². The lowest BCUT2D eigenvalue weighted by molar-refractivity contribution is 0.198. The van der Waals surface area contributed by atoms with E-state index < -0.39 is 17.7 Å². The van der Waals surface area contributed by atoms with Gasteiger partial charge in [0, 0.05) is 11.3 Å².